The van der Waals surface area contributed by atoms with Gasteiger partial charge in [0.2, 0.25) is 11.9 Å². The molecule has 1 amide bonds. The number of rotatable bonds is 6. The van der Waals surface area contributed by atoms with Crippen molar-refractivity contribution in [2.24, 2.45) is 0 Å². The van der Waals surface area contributed by atoms with Crippen LogP contribution in [0.5, 0.6) is 0 Å². The van der Waals surface area contributed by atoms with Crippen LogP contribution in [0, 0.1) is 11.3 Å². The molecule has 0 aromatic carbocycles. The zero-order valence-corrected chi connectivity index (χ0v) is 9.08. The van der Waals surface area contributed by atoms with Crippen molar-refractivity contribution in [2.45, 2.75) is 39.2 Å². The SMILES string of the molecule is CCCCC(=O)NC(C#N)C(=O)OCC. The number of hydrogen-bond donors (Lipinski definition) is 1. The summed E-state index contributed by atoms with van der Waals surface area (Å²) in [6.07, 6.45) is 1.96. The molecule has 0 fully saturated rings. The van der Waals surface area contributed by atoms with E-state index in [2.05, 4.69) is 10.1 Å². The highest BCUT2D eigenvalue weighted by Gasteiger charge is 2.20. The minimum atomic E-state index is -1.19. The maximum absolute atomic E-state index is 11.2. The largest absolute Gasteiger partial charge is 0.464 e. The molecule has 5 nitrogen and oxygen atoms in total. The molecule has 15 heavy (non-hydrogen) atoms. The second-order valence-electron chi connectivity index (χ2n) is 2.99. The molecular formula is C10H16N2O3. The van der Waals surface area contributed by atoms with Gasteiger partial charge in [-0.05, 0) is 13.3 Å². The molecule has 0 spiro atoms. The average molecular weight is 212 g/mol. The zero-order chi connectivity index (χ0) is 11.7. The summed E-state index contributed by atoms with van der Waals surface area (Å²) in [5.74, 6) is -0.999. The smallest absolute Gasteiger partial charge is 0.343 e. The van der Waals surface area contributed by atoms with Crippen LogP contribution in [-0.4, -0.2) is 24.5 Å². The number of ether oxygens (including phenoxy) is 1. The molecule has 0 bridgehead atoms. The molecule has 84 valence electrons. The van der Waals surface area contributed by atoms with Gasteiger partial charge in [-0.3, -0.25) is 4.79 Å². The van der Waals surface area contributed by atoms with Gasteiger partial charge in [0.1, 0.15) is 0 Å². The Morgan fingerprint density at radius 2 is 2.13 bits per heavy atom. The molecule has 0 radical (unpaired) electrons. The predicted octanol–water partition coefficient (Wildman–Crippen LogP) is 0.748. The molecule has 0 heterocycles. The van der Waals surface area contributed by atoms with E-state index in [0.29, 0.717) is 6.42 Å². The van der Waals surface area contributed by atoms with E-state index in [9.17, 15) is 9.59 Å². The van der Waals surface area contributed by atoms with Crippen molar-refractivity contribution < 1.29 is 14.3 Å². The van der Waals surface area contributed by atoms with E-state index in [1.807, 2.05) is 6.92 Å². The van der Waals surface area contributed by atoms with Crippen molar-refractivity contribution in [1.82, 2.24) is 5.32 Å². The van der Waals surface area contributed by atoms with Gasteiger partial charge in [-0.25, -0.2) is 4.79 Å². The minimum absolute atomic E-state index is 0.196. The van der Waals surface area contributed by atoms with E-state index >= 15 is 0 Å². The molecule has 0 aromatic heterocycles. The third-order valence-electron chi connectivity index (χ3n) is 1.71. The second kappa shape index (κ2) is 7.80. The first-order chi connectivity index (χ1) is 7.15. The summed E-state index contributed by atoms with van der Waals surface area (Å²) >= 11 is 0. The predicted molar refractivity (Wildman–Crippen MR) is 53.7 cm³/mol. The maximum Gasteiger partial charge on any atom is 0.343 e. The van der Waals surface area contributed by atoms with Crippen molar-refractivity contribution in [3.8, 4) is 6.07 Å². The number of unbranched alkanes of at least 4 members (excludes halogenated alkanes) is 1. The van der Waals surface area contributed by atoms with E-state index in [-0.39, 0.29) is 12.5 Å². The number of nitrogens with zero attached hydrogens (tertiary/aromatic N) is 1. The summed E-state index contributed by atoms with van der Waals surface area (Å²) in [4.78, 5) is 22.3. The molecule has 0 rings (SSSR count). The van der Waals surface area contributed by atoms with Gasteiger partial charge in [0.25, 0.3) is 0 Å². The summed E-state index contributed by atoms with van der Waals surface area (Å²) in [5.41, 5.74) is 0. The van der Waals surface area contributed by atoms with Crippen molar-refractivity contribution in [1.29, 1.82) is 5.26 Å². The first-order valence-corrected chi connectivity index (χ1v) is 5.01. The van der Waals surface area contributed by atoms with Crippen molar-refractivity contribution in [3.05, 3.63) is 0 Å². The van der Waals surface area contributed by atoms with Gasteiger partial charge in [0, 0.05) is 6.42 Å². The third kappa shape index (κ3) is 5.68. The molecule has 0 aliphatic rings. The number of nitrogens with one attached hydrogen (secondary N) is 1. The van der Waals surface area contributed by atoms with Gasteiger partial charge in [0.15, 0.2) is 0 Å². The van der Waals surface area contributed by atoms with Gasteiger partial charge >= 0.3 is 5.97 Å². The fraction of sp³-hybridized carbons (Fsp3) is 0.700. The first-order valence-electron chi connectivity index (χ1n) is 5.01. The van der Waals surface area contributed by atoms with Gasteiger partial charge in [0.05, 0.1) is 12.7 Å². The Balaban J connectivity index is 4.05. The summed E-state index contributed by atoms with van der Waals surface area (Å²) in [7, 11) is 0. The van der Waals surface area contributed by atoms with E-state index in [1.165, 1.54) is 0 Å². The third-order valence-corrected chi connectivity index (χ3v) is 1.71. The first kappa shape index (κ1) is 13.4. The van der Waals surface area contributed by atoms with Crippen LogP contribution in [0.15, 0.2) is 0 Å². The summed E-state index contributed by atoms with van der Waals surface area (Å²) < 4.78 is 4.62. The second-order valence-corrected chi connectivity index (χ2v) is 2.99. The number of nitriles is 1. The Labute approximate surface area is 89.4 Å². The normalized spacial score (nSPS) is 11.3. The van der Waals surface area contributed by atoms with Gasteiger partial charge in [-0.15, -0.1) is 0 Å². The van der Waals surface area contributed by atoms with Crippen LogP contribution in [0.2, 0.25) is 0 Å². The number of hydrogen-bond acceptors (Lipinski definition) is 4. The number of carbonyl (C=O) groups is 2. The fourth-order valence-electron chi connectivity index (χ4n) is 0.940. The van der Waals surface area contributed by atoms with Gasteiger partial charge in [-0.1, -0.05) is 13.3 Å². The molecule has 0 saturated carbocycles. The lowest BCUT2D eigenvalue weighted by atomic mass is 10.2. The Morgan fingerprint density at radius 1 is 1.47 bits per heavy atom. The molecule has 5 heteroatoms. The Morgan fingerprint density at radius 3 is 2.60 bits per heavy atom. The average Bonchev–Trinajstić information content (AvgIpc) is 2.23. The highest BCUT2D eigenvalue weighted by molar-refractivity contribution is 5.86. The lowest BCUT2D eigenvalue weighted by Crippen LogP contribution is -2.40. The highest BCUT2D eigenvalue weighted by Crippen LogP contribution is 1.95. The summed E-state index contributed by atoms with van der Waals surface area (Å²) in [6.45, 7) is 3.80. The molecule has 0 saturated heterocycles. The molecule has 1 unspecified atom stereocenters. The number of carbonyl (C=O) groups excluding carboxylic acids is 2. The van der Waals surface area contributed by atoms with E-state index in [0.717, 1.165) is 12.8 Å². The molecule has 0 aromatic rings. The molecule has 0 aliphatic heterocycles. The Bertz CT molecular complexity index is 258. The standard InChI is InChI=1S/C10H16N2O3/c1-3-5-6-9(13)12-8(7-11)10(14)15-4-2/h8H,3-6H2,1-2H3,(H,12,13). The van der Waals surface area contributed by atoms with Crippen LogP contribution in [-0.2, 0) is 14.3 Å². The van der Waals surface area contributed by atoms with Crippen LogP contribution < -0.4 is 5.32 Å². The number of amides is 1. The lowest BCUT2D eigenvalue weighted by molar-refractivity contribution is -0.145. The zero-order valence-electron chi connectivity index (χ0n) is 9.08. The summed E-state index contributed by atoms with van der Waals surface area (Å²) in [6, 6.07) is 0.502. The van der Waals surface area contributed by atoms with Gasteiger partial charge in [-0.2, -0.15) is 5.26 Å². The van der Waals surface area contributed by atoms with Crippen LogP contribution in [0.25, 0.3) is 0 Å². The Kier molecular flexibility index (Phi) is 6.98. The summed E-state index contributed by atoms with van der Waals surface area (Å²) in [5, 5.41) is 10.9. The van der Waals surface area contributed by atoms with Crippen molar-refractivity contribution >= 4 is 11.9 Å². The van der Waals surface area contributed by atoms with Crippen LogP contribution in [0.4, 0.5) is 0 Å². The van der Waals surface area contributed by atoms with Gasteiger partial charge < -0.3 is 10.1 Å². The highest BCUT2D eigenvalue weighted by atomic mass is 16.5. The van der Waals surface area contributed by atoms with Crippen molar-refractivity contribution in [3.63, 3.8) is 0 Å². The van der Waals surface area contributed by atoms with Crippen LogP contribution >= 0.6 is 0 Å². The van der Waals surface area contributed by atoms with Crippen LogP contribution in [0.1, 0.15) is 33.1 Å². The monoisotopic (exact) mass is 212 g/mol. The van der Waals surface area contributed by atoms with E-state index in [1.54, 1.807) is 13.0 Å². The topological polar surface area (TPSA) is 79.2 Å². The molecule has 1 N–H and O–H groups in total. The minimum Gasteiger partial charge on any atom is -0.464 e. The van der Waals surface area contributed by atoms with E-state index in [4.69, 9.17) is 5.26 Å². The number of esters is 1. The Hall–Kier alpha value is -1.57. The molecular weight excluding hydrogens is 196 g/mol. The van der Waals surface area contributed by atoms with E-state index < -0.39 is 12.0 Å². The molecule has 0 aliphatic carbocycles. The molecule has 1 atom stereocenters. The van der Waals surface area contributed by atoms with Crippen molar-refractivity contribution in [2.75, 3.05) is 6.61 Å². The maximum atomic E-state index is 11.2. The quantitative estimate of drug-likeness (QED) is 0.659. The lowest BCUT2D eigenvalue weighted by Gasteiger charge is -2.09. The fourth-order valence-corrected chi connectivity index (χ4v) is 0.940. The van der Waals surface area contributed by atoms with Crippen LogP contribution in [0.3, 0.4) is 0 Å².